The summed E-state index contributed by atoms with van der Waals surface area (Å²) in [5.41, 5.74) is 4.42. The zero-order valence-electron chi connectivity index (χ0n) is 15.1. The van der Waals surface area contributed by atoms with E-state index in [-0.39, 0.29) is 11.7 Å². The van der Waals surface area contributed by atoms with Gasteiger partial charge in [0.25, 0.3) is 0 Å². The molecule has 2 aliphatic rings. The van der Waals surface area contributed by atoms with Gasteiger partial charge in [0.15, 0.2) is 0 Å². The smallest absolute Gasteiger partial charge is 0.339 e. The highest BCUT2D eigenvalue weighted by atomic mass is 35.5. The molecule has 1 aromatic heterocycles. The first-order chi connectivity index (χ1) is 13.1. The highest BCUT2D eigenvalue weighted by Crippen LogP contribution is 2.42. The van der Waals surface area contributed by atoms with Crippen molar-refractivity contribution in [3.63, 3.8) is 0 Å². The number of hydrogen-bond acceptors (Lipinski definition) is 4. The molecule has 4 nitrogen and oxygen atoms in total. The summed E-state index contributed by atoms with van der Waals surface area (Å²) < 4.78 is 11.8. The number of fused-ring (bicyclic) bond motifs is 5. The first-order valence-corrected chi connectivity index (χ1v) is 9.73. The molecule has 5 heteroatoms. The summed E-state index contributed by atoms with van der Waals surface area (Å²) in [5, 5.41) is 1.55. The van der Waals surface area contributed by atoms with E-state index in [0.717, 1.165) is 41.3 Å². The third-order valence-corrected chi connectivity index (χ3v) is 6.11. The lowest BCUT2D eigenvalue weighted by molar-refractivity contribution is 0.0621. The highest BCUT2D eigenvalue weighted by molar-refractivity contribution is 6.33. The lowest BCUT2D eigenvalue weighted by atomic mass is 10.0. The van der Waals surface area contributed by atoms with Crippen LogP contribution in [0.5, 0.6) is 5.75 Å². The van der Waals surface area contributed by atoms with Crippen LogP contribution in [-0.4, -0.2) is 11.6 Å². The Hall–Kier alpha value is -2.30. The Morgan fingerprint density at radius 2 is 1.89 bits per heavy atom. The molecule has 138 valence electrons. The van der Waals surface area contributed by atoms with Crippen molar-refractivity contribution < 1.29 is 9.15 Å². The van der Waals surface area contributed by atoms with E-state index in [0.29, 0.717) is 29.6 Å². The van der Waals surface area contributed by atoms with Crippen LogP contribution in [-0.2, 0) is 19.4 Å². The molecule has 27 heavy (non-hydrogen) atoms. The number of benzene rings is 2. The molecule has 0 N–H and O–H groups in total. The summed E-state index contributed by atoms with van der Waals surface area (Å²) >= 11 is 6.54. The van der Waals surface area contributed by atoms with Crippen molar-refractivity contribution >= 4 is 22.6 Å². The molecule has 0 radical (unpaired) electrons. The number of aryl methyl sites for hydroxylation is 1. The van der Waals surface area contributed by atoms with E-state index in [1.807, 2.05) is 24.3 Å². The van der Waals surface area contributed by atoms with Crippen LogP contribution in [0, 0.1) is 0 Å². The first-order valence-electron chi connectivity index (χ1n) is 9.35. The SMILES string of the molecule is CC(c1ccccc1)N1COc2c(Cl)cc3c4c(c(=O)oc3c2C1)CCC4. The minimum absolute atomic E-state index is 0.175. The molecule has 2 heterocycles. The van der Waals surface area contributed by atoms with Crippen molar-refractivity contribution in [2.45, 2.75) is 38.8 Å². The molecule has 0 saturated carbocycles. The van der Waals surface area contributed by atoms with Gasteiger partial charge in [0, 0.05) is 23.5 Å². The van der Waals surface area contributed by atoms with Crippen LogP contribution in [0.15, 0.2) is 45.6 Å². The number of halogens is 1. The monoisotopic (exact) mass is 381 g/mol. The molecular weight excluding hydrogens is 362 g/mol. The summed E-state index contributed by atoms with van der Waals surface area (Å²) in [6.07, 6.45) is 2.68. The highest BCUT2D eigenvalue weighted by Gasteiger charge is 2.30. The maximum Gasteiger partial charge on any atom is 0.339 e. The maximum atomic E-state index is 12.5. The third kappa shape index (κ3) is 2.67. The van der Waals surface area contributed by atoms with E-state index in [4.69, 9.17) is 20.8 Å². The predicted octanol–water partition coefficient (Wildman–Crippen LogP) is 4.85. The fourth-order valence-corrected chi connectivity index (χ4v) is 4.59. The molecule has 3 aromatic rings. The molecule has 0 saturated heterocycles. The summed E-state index contributed by atoms with van der Waals surface area (Å²) in [6, 6.07) is 12.4. The molecule has 2 aromatic carbocycles. The maximum absolute atomic E-state index is 12.5. The number of ether oxygens (including phenoxy) is 1. The van der Waals surface area contributed by atoms with Gasteiger partial charge in [0.05, 0.1) is 10.6 Å². The van der Waals surface area contributed by atoms with E-state index < -0.39 is 0 Å². The molecule has 1 unspecified atom stereocenters. The van der Waals surface area contributed by atoms with Gasteiger partial charge >= 0.3 is 5.63 Å². The van der Waals surface area contributed by atoms with Crippen molar-refractivity contribution in [2.24, 2.45) is 0 Å². The van der Waals surface area contributed by atoms with Gasteiger partial charge in [-0.05, 0) is 43.4 Å². The van der Waals surface area contributed by atoms with Gasteiger partial charge in [-0.3, -0.25) is 4.90 Å². The molecular formula is C22H20ClNO3. The van der Waals surface area contributed by atoms with Gasteiger partial charge < -0.3 is 9.15 Å². The molecule has 0 amide bonds. The standard InChI is InChI=1S/C22H20ClNO3/c1-13(14-6-3-2-4-7-14)24-11-18-20-17(10-19(23)21(18)26-12-24)15-8-5-9-16(15)22(25)27-20/h2-4,6-7,10,13H,5,8-9,11-12H2,1H3. The number of rotatable bonds is 2. The van der Waals surface area contributed by atoms with Gasteiger partial charge in [-0.15, -0.1) is 0 Å². The van der Waals surface area contributed by atoms with Crippen molar-refractivity contribution in [1.82, 2.24) is 4.90 Å². The van der Waals surface area contributed by atoms with E-state index in [1.54, 1.807) is 0 Å². The van der Waals surface area contributed by atoms with Crippen molar-refractivity contribution in [1.29, 1.82) is 0 Å². The first kappa shape index (κ1) is 16.8. The molecule has 0 fully saturated rings. The minimum Gasteiger partial charge on any atom is -0.476 e. The van der Waals surface area contributed by atoms with Crippen molar-refractivity contribution in [3.05, 3.63) is 74.1 Å². The zero-order valence-corrected chi connectivity index (χ0v) is 15.9. The second-order valence-electron chi connectivity index (χ2n) is 7.35. The number of hydrogen-bond donors (Lipinski definition) is 0. The van der Waals surface area contributed by atoms with Crippen LogP contribution < -0.4 is 10.4 Å². The summed E-state index contributed by atoms with van der Waals surface area (Å²) in [5.74, 6) is 0.641. The van der Waals surface area contributed by atoms with E-state index in [1.165, 1.54) is 5.56 Å². The Morgan fingerprint density at radius 3 is 2.70 bits per heavy atom. The quantitative estimate of drug-likeness (QED) is 0.595. The van der Waals surface area contributed by atoms with Gasteiger partial charge in [0.1, 0.15) is 18.1 Å². The molecule has 1 atom stereocenters. The minimum atomic E-state index is -0.215. The fraction of sp³-hybridized carbons (Fsp3) is 0.318. The zero-order chi connectivity index (χ0) is 18.5. The fourth-order valence-electron chi connectivity index (χ4n) is 4.32. The van der Waals surface area contributed by atoms with Crippen LogP contribution in [0.3, 0.4) is 0 Å². The third-order valence-electron chi connectivity index (χ3n) is 5.83. The molecule has 1 aliphatic heterocycles. The van der Waals surface area contributed by atoms with Gasteiger partial charge in [-0.2, -0.15) is 0 Å². The lowest BCUT2D eigenvalue weighted by Crippen LogP contribution is -2.34. The average molecular weight is 382 g/mol. The van der Waals surface area contributed by atoms with E-state index in [9.17, 15) is 4.79 Å². The van der Waals surface area contributed by atoms with Crippen molar-refractivity contribution in [3.8, 4) is 5.75 Å². The Bertz CT molecular complexity index is 1090. The number of nitrogens with zero attached hydrogens (tertiary/aromatic N) is 1. The van der Waals surface area contributed by atoms with Crippen LogP contribution in [0.25, 0.3) is 11.0 Å². The van der Waals surface area contributed by atoms with Crippen LogP contribution in [0.1, 0.15) is 41.6 Å². The lowest BCUT2D eigenvalue weighted by Gasteiger charge is -2.34. The second-order valence-corrected chi connectivity index (χ2v) is 7.76. The van der Waals surface area contributed by atoms with Crippen LogP contribution >= 0.6 is 11.6 Å². The van der Waals surface area contributed by atoms with Crippen molar-refractivity contribution in [2.75, 3.05) is 6.73 Å². The van der Waals surface area contributed by atoms with Gasteiger partial charge in [-0.1, -0.05) is 41.9 Å². The Kier molecular flexibility index (Phi) is 3.99. The van der Waals surface area contributed by atoms with Gasteiger partial charge in [-0.25, -0.2) is 4.79 Å². The predicted molar refractivity (Wildman–Crippen MR) is 105 cm³/mol. The average Bonchev–Trinajstić information content (AvgIpc) is 3.20. The van der Waals surface area contributed by atoms with E-state index >= 15 is 0 Å². The summed E-state index contributed by atoms with van der Waals surface area (Å²) in [4.78, 5) is 14.7. The summed E-state index contributed by atoms with van der Waals surface area (Å²) in [7, 11) is 0. The molecule has 1 aliphatic carbocycles. The normalized spacial score (nSPS) is 17.4. The van der Waals surface area contributed by atoms with Crippen LogP contribution in [0.4, 0.5) is 0 Å². The summed E-state index contributed by atoms with van der Waals surface area (Å²) in [6.45, 7) is 3.23. The molecule has 0 spiro atoms. The Labute approximate surface area is 162 Å². The second kappa shape index (κ2) is 6.39. The Morgan fingerprint density at radius 1 is 1.11 bits per heavy atom. The largest absolute Gasteiger partial charge is 0.476 e. The Balaban J connectivity index is 1.63. The van der Waals surface area contributed by atoms with E-state index in [2.05, 4.69) is 24.0 Å². The molecule has 5 rings (SSSR count). The molecule has 0 bridgehead atoms. The van der Waals surface area contributed by atoms with Crippen LogP contribution in [0.2, 0.25) is 5.02 Å². The van der Waals surface area contributed by atoms with Gasteiger partial charge in [0.2, 0.25) is 0 Å². The topological polar surface area (TPSA) is 42.7 Å².